The molecule has 0 unspecified atom stereocenters. The van der Waals surface area contributed by atoms with E-state index in [1.54, 1.807) is 12.0 Å². The molecule has 0 bridgehead atoms. The molecule has 0 atom stereocenters. The van der Waals surface area contributed by atoms with Crippen molar-refractivity contribution < 1.29 is 9.53 Å². The molecule has 0 spiro atoms. The maximum Gasteiger partial charge on any atom is 0.242 e. The Kier molecular flexibility index (Phi) is 8.93. The molecular weight excluding hydrogens is 529 g/mol. The van der Waals surface area contributed by atoms with Crippen LogP contribution in [0.4, 0.5) is 0 Å². The Morgan fingerprint density at radius 1 is 0.949 bits per heavy atom. The number of amides is 1. The SMILES string of the molecule is COCCN(C)C(=O)Cn1c(-c2ccccc2)c(CN2CCC(c3c(Cl)cccc3Cl)CC2)c2ccccc21. The van der Waals surface area contributed by atoms with Crippen LogP contribution in [-0.2, 0) is 22.6 Å². The molecule has 204 valence electrons. The molecule has 5 rings (SSSR count). The third-order valence-corrected chi connectivity index (χ3v) is 8.51. The van der Waals surface area contributed by atoms with Gasteiger partial charge in [-0.25, -0.2) is 0 Å². The first-order chi connectivity index (χ1) is 19.0. The van der Waals surface area contributed by atoms with Gasteiger partial charge in [-0.15, -0.1) is 0 Å². The smallest absolute Gasteiger partial charge is 0.242 e. The second kappa shape index (κ2) is 12.6. The number of fused-ring (bicyclic) bond motifs is 1. The van der Waals surface area contributed by atoms with Crippen LogP contribution in [0.5, 0.6) is 0 Å². The summed E-state index contributed by atoms with van der Waals surface area (Å²) >= 11 is 13.1. The molecule has 3 aromatic carbocycles. The summed E-state index contributed by atoms with van der Waals surface area (Å²) in [5.74, 6) is 0.423. The van der Waals surface area contributed by atoms with Gasteiger partial charge in [-0.3, -0.25) is 9.69 Å². The van der Waals surface area contributed by atoms with Crippen LogP contribution in [0.25, 0.3) is 22.2 Å². The van der Waals surface area contributed by atoms with Gasteiger partial charge in [-0.2, -0.15) is 0 Å². The number of piperidine rings is 1. The molecule has 1 aliphatic rings. The van der Waals surface area contributed by atoms with E-state index in [0.29, 0.717) is 19.1 Å². The Morgan fingerprint density at radius 2 is 1.62 bits per heavy atom. The third kappa shape index (κ3) is 6.02. The Morgan fingerprint density at radius 3 is 2.31 bits per heavy atom. The highest BCUT2D eigenvalue weighted by Gasteiger charge is 2.27. The molecular formula is C32H35Cl2N3O2. The van der Waals surface area contributed by atoms with E-state index in [1.807, 2.05) is 31.3 Å². The molecule has 5 nitrogen and oxygen atoms in total. The topological polar surface area (TPSA) is 37.7 Å². The number of aromatic nitrogens is 1. The summed E-state index contributed by atoms with van der Waals surface area (Å²) in [7, 11) is 3.49. The molecule has 0 N–H and O–H groups in total. The number of likely N-dealkylation sites (N-methyl/N-ethyl adjacent to an activating group) is 1. The zero-order valence-corrected chi connectivity index (χ0v) is 24.1. The predicted molar refractivity (Wildman–Crippen MR) is 161 cm³/mol. The van der Waals surface area contributed by atoms with E-state index in [9.17, 15) is 4.79 Å². The van der Waals surface area contributed by atoms with Crippen molar-refractivity contribution in [2.24, 2.45) is 0 Å². The Hall–Kier alpha value is -2.83. The zero-order chi connectivity index (χ0) is 27.4. The van der Waals surface area contributed by atoms with Crippen molar-refractivity contribution in [1.29, 1.82) is 0 Å². The van der Waals surface area contributed by atoms with Crippen LogP contribution in [0.1, 0.15) is 29.9 Å². The fraction of sp³-hybridized carbons (Fsp3) is 0.344. The lowest BCUT2D eigenvalue weighted by Crippen LogP contribution is -2.33. The zero-order valence-electron chi connectivity index (χ0n) is 22.6. The first-order valence-corrected chi connectivity index (χ1v) is 14.3. The number of nitrogens with zero attached hydrogens (tertiary/aromatic N) is 3. The van der Waals surface area contributed by atoms with Crippen molar-refractivity contribution in [3.8, 4) is 11.3 Å². The lowest BCUT2D eigenvalue weighted by molar-refractivity contribution is -0.130. The van der Waals surface area contributed by atoms with Gasteiger partial charge in [0.2, 0.25) is 5.91 Å². The Balaban J connectivity index is 1.46. The second-order valence-electron chi connectivity index (χ2n) is 10.3. The van der Waals surface area contributed by atoms with Crippen molar-refractivity contribution in [3.63, 3.8) is 0 Å². The van der Waals surface area contributed by atoms with Gasteiger partial charge in [-0.1, -0.05) is 77.8 Å². The predicted octanol–water partition coefficient (Wildman–Crippen LogP) is 7.10. The summed E-state index contributed by atoms with van der Waals surface area (Å²) in [6.45, 7) is 4.08. The lowest BCUT2D eigenvalue weighted by Gasteiger charge is -2.33. The Bertz CT molecular complexity index is 1410. The van der Waals surface area contributed by atoms with Crippen molar-refractivity contribution in [1.82, 2.24) is 14.4 Å². The molecule has 0 radical (unpaired) electrons. The van der Waals surface area contributed by atoms with E-state index < -0.39 is 0 Å². The van der Waals surface area contributed by atoms with Crippen LogP contribution in [0.15, 0.2) is 72.8 Å². The minimum atomic E-state index is 0.0639. The fourth-order valence-electron chi connectivity index (χ4n) is 5.74. The number of hydrogen-bond donors (Lipinski definition) is 0. The molecule has 0 aliphatic carbocycles. The highest BCUT2D eigenvalue weighted by atomic mass is 35.5. The summed E-state index contributed by atoms with van der Waals surface area (Å²) in [5.41, 5.74) is 5.66. The number of methoxy groups -OCH3 is 1. The van der Waals surface area contributed by atoms with E-state index in [1.165, 1.54) is 10.9 Å². The summed E-state index contributed by atoms with van der Waals surface area (Å²) in [4.78, 5) is 17.6. The first-order valence-electron chi connectivity index (χ1n) is 13.5. The molecule has 1 saturated heterocycles. The van der Waals surface area contributed by atoms with Gasteiger partial charge in [0.15, 0.2) is 0 Å². The molecule has 39 heavy (non-hydrogen) atoms. The lowest BCUT2D eigenvalue weighted by atomic mass is 9.89. The quantitative estimate of drug-likeness (QED) is 0.218. The highest BCUT2D eigenvalue weighted by molar-refractivity contribution is 6.36. The van der Waals surface area contributed by atoms with E-state index in [2.05, 4.69) is 58.0 Å². The number of para-hydroxylation sites is 1. The summed E-state index contributed by atoms with van der Waals surface area (Å²) in [6.07, 6.45) is 2.01. The number of carbonyl (C=O) groups is 1. The van der Waals surface area contributed by atoms with E-state index in [0.717, 1.165) is 64.9 Å². The van der Waals surface area contributed by atoms with Crippen LogP contribution in [-0.4, -0.2) is 60.7 Å². The molecule has 1 aromatic heterocycles. The van der Waals surface area contributed by atoms with Crippen LogP contribution >= 0.6 is 23.2 Å². The summed E-state index contributed by atoms with van der Waals surface area (Å²) < 4.78 is 7.39. The normalized spacial score (nSPS) is 14.7. The monoisotopic (exact) mass is 563 g/mol. The first kappa shape index (κ1) is 27.7. The minimum absolute atomic E-state index is 0.0639. The van der Waals surface area contributed by atoms with Crippen LogP contribution in [0, 0.1) is 0 Å². The molecule has 1 amide bonds. The number of likely N-dealkylation sites (tertiary alicyclic amines) is 1. The average Bonchev–Trinajstić information content (AvgIpc) is 3.25. The number of benzene rings is 3. The van der Waals surface area contributed by atoms with Crippen molar-refractivity contribution >= 4 is 40.0 Å². The fourth-order valence-corrected chi connectivity index (χ4v) is 6.44. The molecule has 1 fully saturated rings. The van der Waals surface area contributed by atoms with Gasteiger partial charge in [0, 0.05) is 48.2 Å². The number of carbonyl (C=O) groups excluding carboxylic acids is 1. The molecule has 2 heterocycles. The molecule has 4 aromatic rings. The van der Waals surface area contributed by atoms with Crippen LogP contribution < -0.4 is 0 Å². The van der Waals surface area contributed by atoms with Crippen LogP contribution in [0.3, 0.4) is 0 Å². The second-order valence-corrected chi connectivity index (χ2v) is 11.1. The largest absolute Gasteiger partial charge is 0.383 e. The van der Waals surface area contributed by atoms with E-state index in [-0.39, 0.29) is 12.5 Å². The average molecular weight is 565 g/mol. The third-order valence-electron chi connectivity index (χ3n) is 7.85. The minimum Gasteiger partial charge on any atom is -0.383 e. The van der Waals surface area contributed by atoms with Gasteiger partial charge in [0.05, 0.1) is 12.3 Å². The van der Waals surface area contributed by atoms with Crippen molar-refractivity contribution in [2.75, 3.05) is 40.4 Å². The van der Waals surface area contributed by atoms with Crippen molar-refractivity contribution in [3.05, 3.63) is 94.0 Å². The van der Waals surface area contributed by atoms with Gasteiger partial charge < -0.3 is 14.2 Å². The number of rotatable bonds is 9. The number of ether oxygens (including phenoxy) is 1. The summed E-state index contributed by atoms with van der Waals surface area (Å²) in [5, 5.41) is 2.71. The van der Waals surface area contributed by atoms with Gasteiger partial charge in [0.1, 0.15) is 6.54 Å². The number of hydrogen-bond acceptors (Lipinski definition) is 3. The standard InChI is InChI=1S/C32H35Cl2N3O2/c1-35(19-20-39-2)30(38)22-37-29-14-7-6-11-25(29)26(32(37)24-9-4-3-5-10-24)21-36-17-15-23(16-18-36)31-27(33)12-8-13-28(31)34/h3-14,23H,15-22H2,1-2H3. The molecule has 1 aliphatic heterocycles. The molecule has 0 saturated carbocycles. The van der Waals surface area contributed by atoms with E-state index in [4.69, 9.17) is 27.9 Å². The van der Waals surface area contributed by atoms with Crippen LogP contribution in [0.2, 0.25) is 10.0 Å². The Labute approximate surface area is 240 Å². The maximum absolute atomic E-state index is 13.3. The highest BCUT2D eigenvalue weighted by Crippen LogP contribution is 2.39. The van der Waals surface area contributed by atoms with Gasteiger partial charge in [0.25, 0.3) is 0 Å². The maximum atomic E-state index is 13.3. The van der Waals surface area contributed by atoms with Gasteiger partial charge >= 0.3 is 0 Å². The van der Waals surface area contributed by atoms with Crippen molar-refractivity contribution in [2.45, 2.75) is 31.8 Å². The van der Waals surface area contributed by atoms with Gasteiger partial charge in [-0.05, 0) is 66.7 Å². The van der Waals surface area contributed by atoms with E-state index >= 15 is 0 Å². The number of halogens is 2. The molecule has 7 heteroatoms. The summed E-state index contributed by atoms with van der Waals surface area (Å²) in [6, 6.07) is 24.7.